The van der Waals surface area contributed by atoms with Gasteiger partial charge in [0.05, 0.1) is 12.8 Å². The lowest BCUT2D eigenvalue weighted by molar-refractivity contribution is -0.136. The monoisotopic (exact) mass is 264 g/mol. The number of aromatic amines is 1. The fraction of sp³-hybridized carbons (Fsp3) is 0.231. The number of rotatable bonds is 5. The van der Waals surface area contributed by atoms with Gasteiger partial charge < -0.3 is 15.4 Å². The number of hydrogen-bond donors (Lipinski definition) is 3. The van der Waals surface area contributed by atoms with E-state index in [0.717, 1.165) is 10.9 Å². The Morgan fingerprint density at radius 3 is 2.89 bits per heavy atom. The number of benzene rings is 1. The topological polar surface area (TPSA) is 82.2 Å². The second-order valence-corrected chi connectivity index (χ2v) is 4.17. The van der Waals surface area contributed by atoms with Gasteiger partial charge in [-0.1, -0.05) is 0 Å². The number of aromatic nitrogens is 1. The molecule has 0 bridgehead atoms. The molecule has 0 unspecified atom stereocenters. The van der Waals surface area contributed by atoms with E-state index in [1.807, 2.05) is 0 Å². The zero-order valence-electron chi connectivity index (χ0n) is 10.1. The zero-order valence-corrected chi connectivity index (χ0v) is 10.1. The molecule has 0 atom stereocenters. The Bertz CT molecular complexity index is 621. The van der Waals surface area contributed by atoms with Crippen molar-refractivity contribution in [3.8, 4) is 0 Å². The molecule has 1 amide bonds. The SMILES string of the molecule is O=C(O)CCNC(=O)Cc1c[nH]c2cc(F)ccc12. The highest BCUT2D eigenvalue weighted by atomic mass is 19.1. The van der Waals surface area contributed by atoms with Gasteiger partial charge >= 0.3 is 5.97 Å². The summed E-state index contributed by atoms with van der Waals surface area (Å²) in [5, 5.41) is 11.8. The first kappa shape index (κ1) is 13.1. The molecule has 0 aliphatic carbocycles. The minimum Gasteiger partial charge on any atom is -0.481 e. The molecule has 0 fully saturated rings. The zero-order chi connectivity index (χ0) is 13.8. The van der Waals surface area contributed by atoms with Crippen LogP contribution in [0.3, 0.4) is 0 Å². The second kappa shape index (κ2) is 5.51. The Morgan fingerprint density at radius 1 is 1.37 bits per heavy atom. The fourth-order valence-electron chi connectivity index (χ4n) is 1.85. The molecule has 1 aromatic carbocycles. The summed E-state index contributed by atoms with van der Waals surface area (Å²) < 4.78 is 13.0. The Balaban J connectivity index is 2.01. The van der Waals surface area contributed by atoms with Crippen LogP contribution in [0.25, 0.3) is 10.9 Å². The summed E-state index contributed by atoms with van der Waals surface area (Å²) in [6.07, 6.45) is 1.68. The number of carbonyl (C=O) groups excluding carboxylic acids is 1. The van der Waals surface area contributed by atoms with Crippen molar-refractivity contribution in [3.63, 3.8) is 0 Å². The number of nitrogens with one attached hydrogen (secondary N) is 2. The molecule has 3 N–H and O–H groups in total. The maximum absolute atomic E-state index is 13.0. The highest BCUT2D eigenvalue weighted by Gasteiger charge is 2.09. The van der Waals surface area contributed by atoms with Crippen LogP contribution in [-0.2, 0) is 16.0 Å². The highest BCUT2D eigenvalue weighted by molar-refractivity contribution is 5.89. The molecule has 0 aliphatic heterocycles. The molecule has 19 heavy (non-hydrogen) atoms. The van der Waals surface area contributed by atoms with Gasteiger partial charge in [0, 0.05) is 23.6 Å². The maximum atomic E-state index is 13.0. The van der Waals surface area contributed by atoms with Crippen LogP contribution >= 0.6 is 0 Å². The number of H-pyrrole nitrogens is 1. The Morgan fingerprint density at radius 2 is 2.16 bits per heavy atom. The number of carboxylic acids is 1. The van der Waals surface area contributed by atoms with E-state index in [1.165, 1.54) is 12.1 Å². The van der Waals surface area contributed by atoms with E-state index in [2.05, 4.69) is 10.3 Å². The number of halogens is 1. The van der Waals surface area contributed by atoms with Crippen molar-refractivity contribution in [2.45, 2.75) is 12.8 Å². The summed E-state index contributed by atoms with van der Waals surface area (Å²) in [4.78, 5) is 24.8. The largest absolute Gasteiger partial charge is 0.481 e. The van der Waals surface area contributed by atoms with Crippen LogP contribution in [0.5, 0.6) is 0 Å². The quantitative estimate of drug-likeness (QED) is 0.764. The minimum atomic E-state index is -0.956. The molecule has 0 radical (unpaired) electrons. The van der Waals surface area contributed by atoms with Crippen LogP contribution in [0.4, 0.5) is 4.39 Å². The second-order valence-electron chi connectivity index (χ2n) is 4.17. The standard InChI is InChI=1S/C13H13FN2O3/c14-9-1-2-10-8(7-16-11(10)6-9)5-12(17)15-4-3-13(18)19/h1-2,6-7,16H,3-5H2,(H,15,17)(H,18,19). The molecule has 5 nitrogen and oxygen atoms in total. The smallest absolute Gasteiger partial charge is 0.305 e. The average Bonchev–Trinajstić information content (AvgIpc) is 2.71. The van der Waals surface area contributed by atoms with Crippen molar-refractivity contribution in [3.05, 3.63) is 35.8 Å². The van der Waals surface area contributed by atoms with Crippen molar-refractivity contribution in [2.75, 3.05) is 6.54 Å². The van der Waals surface area contributed by atoms with Crippen LogP contribution in [0, 0.1) is 5.82 Å². The van der Waals surface area contributed by atoms with Gasteiger partial charge in [-0.25, -0.2) is 4.39 Å². The van der Waals surface area contributed by atoms with Crippen LogP contribution in [-0.4, -0.2) is 28.5 Å². The van der Waals surface area contributed by atoms with E-state index in [1.54, 1.807) is 12.3 Å². The van der Waals surface area contributed by atoms with Crippen molar-refractivity contribution in [1.29, 1.82) is 0 Å². The van der Waals surface area contributed by atoms with Gasteiger partial charge in [-0.3, -0.25) is 9.59 Å². The number of carboxylic acid groups (broad SMARTS) is 1. The van der Waals surface area contributed by atoms with E-state index in [-0.39, 0.29) is 31.1 Å². The van der Waals surface area contributed by atoms with Gasteiger partial charge in [0.15, 0.2) is 0 Å². The molecule has 0 saturated carbocycles. The molecule has 6 heteroatoms. The molecular formula is C13H13FN2O3. The molecule has 1 heterocycles. The number of fused-ring (bicyclic) bond motifs is 1. The van der Waals surface area contributed by atoms with E-state index in [4.69, 9.17) is 5.11 Å². The van der Waals surface area contributed by atoms with Crippen LogP contribution in [0.2, 0.25) is 0 Å². The molecular weight excluding hydrogens is 251 g/mol. The fourth-order valence-corrected chi connectivity index (χ4v) is 1.85. The first-order valence-corrected chi connectivity index (χ1v) is 5.80. The summed E-state index contributed by atoms with van der Waals surface area (Å²) in [5.74, 6) is -1.55. The third-order valence-electron chi connectivity index (χ3n) is 2.74. The third kappa shape index (κ3) is 3.31. The van der Waals surface area contributed by atoms with E-state index in [0.29, 0.717) is 5.52 Å². The minimum absolute atomic E-state index is 0.102. The maximum Gasteiger partial charge on any atom is 0.305 e. The molecule has 2 aromatic rings. The van der Waals surface area contributed by atoms with Crippen molar-refractivity contribution >= 4 is 22.8 Å². The molecule has 100 valence electrons. The van der Waals surface area contributed by atoms with Gasteiger partial charge in [-0.2, -0.15) is 0 Å². The Labute approximate surface area is 108 Å². The Hall–Kier alpha value is -2.37. The van der Waals surface area contributed by atoms with Crippen LogP contribution < -0.4 is 5.32 Å². The lowest BCUT2D eigenvalue weighted by Gasteiger charge is -2.02. The van der Waals surface area contributed by atoms with Crippen LogP contribution in [0.15, 0.2) is 24.4 Å². The number of hydrogen-bond acceptors (Lipinski definition) is 2. The normalized spacial score (nSPS) is 10.6. The average molecular weight is 264 g/mol. The lowest BCUT2D eigenvalue weighted by Crippen LogP contribution is -2.27. The molecule has 1 aromatic heterocycles. The molecule has 0 spiro atoms. The van der Waals surface area contributed by atoms with Gasteiger partial charge in [0.1, 0.15) is 5.82 Å². The van der Waals surface area contributed by atoms with Gasteiger partial charge in [0.25, 0.3) is 0 Å². The molecule has 0 saturated heterocycles. The number of amides is 1. The van der Waals surface area contributed by atoms with Crippen molar-refractivity contribution < 1.29 is 19.1 Å². The van der Waals surface area contributed by atoms with Gasteiger partial charge in [-0.05, 0) is 23.8 Å². The summed E-state index contributed by atoms with van der Waals surface area (Å²) in [7, 11) is 0. The Kier molecular flexibility index (Phi) is 3.79. The summed E-state index contributed by atoms with van der Waals surface area (Å²) in [6, 6.07) is 4.31. The number of carbonyl (C=O) groups is 2. The molecule has 2 rings (SSSR count). The van der Waals surface area contributed by atoms with E-state index in [9.17, 15) is 14.0 Å². The predicted molar refractivity (Wildman–Crippen MR) is 67.2 cm³/mol. The van der Waals surface area contributed by atoms with E-state index < -0.39 is 5.97 Å². The highest BCUT2D eigenvalue weighted by Crippen LogP contribution is 2.19. The lowest BCUT2D eigenvalue weighted by atomic mass is 10.1. The van der Waals surface area contributed by atoms with Gasteiger partial charge in [0.2, 0.25) is 5.91 Å². The first-order valence-electron chi connectivity index (χ1n) is 5.80. The van der Waals surface area contributed by atoms with E-state index >= 15 is 0 Å². The predicted octanol–water partition coefficient (Wildman–Crippen LogP) is 1.44. The van der Waals surface area contributed by atoms with Crippen molar-refractivity contribution in [1.82, 2.24) is 10.3 Å². The summed E-state index contributed by atoms with van der Waals surface area (Å²) in [5.41, 5.74) is 1.39. The van der Waals surface area contributed by atoms with Gasteiger partial charge in [-0.15, -0.1) is 0 Å². The van der Waals surface area contributed by atoms with Crippen molar-refractivity contribution in [2.24, 2.45) is 0 Å². The van der Waals surface area contributed by atoms with Crippen LogP contribution in [0.1, 0.15) is 12.0 Å². The summed E-state index contributed by atoms with van der Waals surface area (Å²) >= 11 is 0. The molecule has 0 aliphatic rings. The first-order chi connectivity index (χ1) is 9.06. The summed E-state index contributed by atoms with van der Waals surface area (Å²) in [6.45, 7) is 0.102. The third-order valence-corrected chi connectivity index (χ3v) is 2.74. The number of aliphatic carboxylic acids is 1.